The summed E-state index contributed by atoms with van der Waals surface area (Å²) in [5.41, 5.74) is 0.354. The molecule has 27 heavy (non-hydrogen) atoms. The summed E-state index contributed by atoms with van der Waals surface area (Å²) in [7, 11) is 3.23. The number of hydrogen-bond acceptors (Lipinski definition) is 6. The lowest BCUT2D eigenvalue weighted by Crippen LogP contribution is -2.46. The molecule has 152 valence electrons. The van der Waals surface area contributed by atoms with Gasteiger partial charge in [-0.25, -0.2) is 12.7 Å². The van der Waals surface area contributed by atoms with E-state index in [1.54, 1.807) is 25.2 Å². The maximum Gasteiger partial charge on any atom is 0.251 e. The molecule has 0 atom stereocenters. The first kappa shape index (κ1) is 21.5. The van der Waals surface area contributed by atoms with E-state index in [2.05, 4.69) is 10.2 Å². The van der Waals surface area contributed by atoms with E-state index in [-0.39, 0.29) is 24.2 Å². The molecular formula is C18H29N3O5S. The molecule has 0 aliphatic carbocycles. The quantitative estimate of drug-likeness (QED) is 0.695. The number of rotatable bonds is 8. The average molecular weight is 400 g/mol. The predicted octanol–water partition coefficient (Wildman–Crippen LogP) is 0.789. The fourth-order valence-electron chi connectivity index (χ4n) is 3.06. The Kier molecular flexibility index (Phi) is 7.46. The lowest BCUT2D eigenvalue weighted by molar-refractivity contribution is 0.0955. The summed E-state index contributed by atoms with van der Waals surface area (Å²) in [5, 5.41) is 2.66. The summed E-state index contributed by atoms with van der Waals surface area (Å²) >= 11 is 0. The van der Waals surface area contributed by atoms with Gasteiger partial charge in [0.1, 0.15) is 11.5 Å². The second-order valence-corrected chi connectivity index (χ2v) is 8.87. The van der Waals surface area contributed by atoms with E-state index in [1.165, 1.54) is 18.5 Å². The van der Waals surface area contributed by atoms with E-state index in [4.69, 9.17) is 9.47 Å². The summed E-state index contributed by atoms with van der Waals surface area (Å²) in [6, 6.07) is 4.84. The fraction of sp³-hybridized carbons (Fsp3) is 0.611. The number of methoxy groups -OCH3 is 2. The van der Waals surface area contributed by atoms with Crippen molar-refractivity contribution in [2.75, 3.05) is 53.7 Å². The SMILES string of the molecule is COc1cc(OC)cc(C(=O)NCCS(=O)(=O)N(C)C2CCN(C)CC2)c1. The molecule has 1 aliphatic rings. The average Bonchev–Trinajstić information content (AvgIpc) is 2.67. The second-order valence-electron chi connectivity index (χ2n) is 6.72. The van der Waals surface area contributed by atoms with E-state index in [0.29, 0.717) is 17.1 Å². The van der Waals surface area contributed by atoms with Crippen molar-refractivity contribution in [1.82, 2.24) is 14.5 Å². The Morgan fingerprint density at radius 1 is 1.19 bits per heavy atom. The number of carbonyl (C=O) groups excluding carboxylic acids is 1. The number of ether oxygens (including phenoxy) is 2. The van der Waals surface area contributed by atoms with Gasteiger partial charge in [-0.15, -0.1) is 0 Å². The van der Waals surface area contributed by atoms with Gasteiger partial charge in [-0.3, -0.25) is 4.79 Å². The van der Waals surface area contributed by atoms with Gasteiger partial charge in [0.15, 0.2) is 0 Å². The number of hydrogen-bond donors (Lipinski definition) is 1. The van der Waals surface area contributed by atoms with E-state index < -0.39 is 10.0 Å². The molecule has 1 aromatic carbocycles. The number of sulfonamides is 1. The summed E-state index contributed by atoms with van der Waals surface area (Å²) < 4.78 is 36.9. The Bertz CT molecular complexity index is 723. The largest absolute Gasteiger partial charge is 0.497 e. The van der Waals surface area contributed by atoms with Crippen molar-refractivity contribution in [3.8, 4) is 11.5 Å². The Morgan fingerprint density at radius 2 is 1.74 bits per heavy atom. The maximum atomic E-state index is 12.6. The van der Waals surface area contributed by atoms with Gasteiger partial charge in [0.25, 0.3) is 5.91 Å². The van der Waals surface area contributed by atoms with E-state index in [1.807, 2.05) is 7.05 Å². The van der Waals surface area contributed by atoms with E-state index in [0.717, 1.165) is 25.9 Å². The molecule has 9 heteroatoms. The Labute approximate surface area is 161 Å². The van der Waals surface area contributed by atoms with Crippen molar-refractivity contribution in [3.63, 3.8) is 0 Å². The highest BCUT2D eigenvalue weighted by Gasteiger charge is 2.28. The van der Waals surface area contributed by atoms with Crippen molar-refractivity contribution in [2.24, 2.45) is 0 Å². The smallest absolute Gasteiger partial charge is 0.251 e. The highest BCUT2D eigenvalue weighted by molar-refractivity contribution is 7.89. The van der Waals surface area contributed by atoms with Crippen LogP contribution in [0.2, 0.25) is 0 Å². The number of nitrogens with zero attached hydrogens (tertiary/aromatic N) is 2. The zero-order valence-corrected chi connectivity index (χ0v) is 17.2. The number of likely N-dealkylation sites (tertiary alicyclic amines) is 1. The monoisotopic (exact) mass is 399 g/mol. The van der Waals surface area contributed by atoms with Crippen LogP contribution in [0, 0.1) is 0 Å². The van der Waals surface area contributed by atoms with E-state index >= 15 is 0 Å². The maximum absolute atomic E-state index is 12.6. The number of carbonyl (C=O) groups is 1. The molecule has 0 unspecified atom stereocenters. The fourth-order valence-corrected chi connectivity index (χ4v) is 4.38. The van der Waals surface area contributed by atoms with E-state index in [9.17, 15) is 13.2 Å². The molecule has 0 aromatic heterocycles. The predicted molar refractivity (Wildman–Crippen MR) is 104 cm³/mol. The third-order valence-corrected chi connectivity index (χ3v) is 6.80. The molecule has 1 saturated heterocycles. The van der Waals surface area contributed by atoms with Gasteiger partial charge in [0.2, 0.25) is 10.0 Å². The molecule has 1 aromatic rings. The molecule has 0 spiro atoms. The molecule has 0 radical (unpaired) electrons. The molecule has 8 nitrogen and oxygen atoms in total. The van der Waals surface area contributed by atoms with Gasteiger partial charge < -0.3 is 19.7 Å². The Morgan fingerprint density at radius 3 is 2.26 bits per heavy atom. The van der Waals surface area contributed by atoms with Crippen LogP contribution in [0.25, 0.3) is 0 Å². The van der Waals surface area contributed by atoms with Crippen molar-refractivity contribution in [3.05, 3.63) is 23.8 Å². The summed E-state index contributed by atoms with van der Waals surface area (Å²) in [5.74, 6) is 0.482. The number of piperidine rings is 1. The minimum absolute atomic E-state index is 0.0181. The van der Waals surface area contributed by atoms with Crippen LogP contribution in [-0.2, 0) is 10.0 Å². The molecule has 1 aliphatic heterocycles. The standard InChI is InChI=1S/C18H29N3O5S/c1-20-8-5-15(6-9-20)21(2)27(23,24)10-7-19-18(22)14-11-16(25-3)13-17(12-14)26-4/h11-13,15H,5-10H2,1-4H3,(H,19,22). The lowest BCUT2D eigenvalue weighted by Gasteiger charge is -2.34. The zero-order chi connectivity index (χ0) is 20.0. The van der Waals surface area contributed by atoms with Crippen molar-refractivity contribution in [2.45, 2.75) is 18.9 Å². The van der Waals surface area contributed by atoms with Crippen molar-refractivity contribution < 1.29 is 22.7 Å². The third kappa shape index (κ3) is 5.82. The van der Waals surface area contributed by atoms with Crippen LogP contribution in [0.1, 0.15) is 23.2 Å². The molecule has 0 bridgehead atoms. The first-order chi connectivity index (χ1) is 12.8. The number of nitrogens with one attached hydrogen (secondary N) is 1. The Balaban J connectivity index is 1.91. The molecular weight excluding hydrogens is 370 g/mol. The summed E-state index contributed by atoms with van der Waals surface area (Å²) in [6.45, 7) is 1.82. The van der Waals surface area contributed by atoms with Crippen LogP contribution >= 0.6 is 0 Å². The molecule has 1 heterocycles. The molecule has 0 saturated carbocycles. The van der Waals surface area contributed by atoms with Crippen LogP contribution < -0.4 is 14.8 Å². The lowest BCUT2D eigenvalue weighted by atomic mass is 10.1. The minimum atomic E-state index is -3.43. The highest BCUT2D eigenvalue weighted by atomic mass is 32.2. The minimum Gasteiger partial charge on any atom is -0.497 e. The summed E-state index contributed by atoms with van der Waals surface area (Å²) in [4.78, 5) is 14.5. The van der Waals surface area contributed by atoms with Gasteiger partial charge in [-0.2, -0.15) is 0 Å². The van der Waals surface area contributed by atoms with Crippen LogP contribution in [0.4, 0.5) is 0 Å². The summed E-state index contributed by atoms with van der Waals surface area (Å²) in [6.07, 6.45) is 1.64. The van der Waals surface area contributed by atoms with Gasteiger partial charge in [-0.05, 0) is 45.1 Å². The molecule has 1 amide bonds. The van der Waals surface area contributed by atoms with Crippen LogP contribution in [0.3, 0.4) is 0 Å². The van der Waals surface area contributed by atoms with Crippen LogP contribution in [0.15, 0.2) is 18.2 Å². The highest BCUT2D eigenvalue weighted by Crippen LogP contribution is 2.22. The normalized spacial score (nSPS) is 16.3. The van der Waals surface area contributed by atoms with Gasteiger partial charge in [0, 0.05) is 31.3 Å². The van der Waals surface area contributed by atoms with Crippen molar-refractivity contribution in [1.29, 1.82) is 0 Å². The molecule has 2 rings (SSSR count). The van der Waals surface area contributed by atoms with Crippen LogP contribution in [-0.4, -0.2) is 83.3 Å². The number of amides is 1. The third-order valence-electron chi connectivity index (χ3n) is 4.90. The number of benzene rings is 1. The zero-order valence-electron chi connectivity index (χ0n) is 16.4. The second kappa shape index (κ2) is 9.38. The molecule has 1 fully saturated rings. The van der Waals surface area contributed by atoms with Gasteiger partial charge >= 0.3 is 0 Å². The Hall–Kier alpha value is -1.84. The van der Waals surface area contributed by atoms with Gasteiger partial charge in [-0.1, -0.05) is 0 Å². The van der Waals surface area contributed by atoms with Crippen molar-refractivity contribution >= 4 is 15.9 Å². The first-order valence-corrected chi connectivity index (χ1v) is 10.5. The topological polar surface area (TPSA) is 88.2 Å². The van der Waals surface area contributed by atoms with Crippen LogP contribution in [0.5, 0.6) is 11.5 Å². The first-order valence-electron chi connectivity index (χ1n) is 8.92. The molecule has 1 N–H and O–H groups in total. The van der Waals surface area contributed by atoms with Gasteiger partial charge in [0.05, 0.1) is 20.0 Å².